The SMILES string of the molecule is CNCC1CCCN(S(=O)(=O)N2CCC(C(C)(C)C)CC2)C1. The summed E-state index contributed by atoms with van der Waals surface area (Å²) in [7, 11) is -1.33. The quantitative estimate of drug-likeness (QED) is 0.856. The highest BCUT2D eigenvalue weighted by molar-refractivity contribution is 7.86. The van der Waals surface area contributed by atoms with E-state index >= 15 is 0 Å². The second kappa shape index (κ2) is 7.16. The lowest BCUT2D eigenvalue weighted by Gasteiger charge is -2.41. The summed E-state index contributed by atoms with van der Waals surface area (Å²) in [5.41, 5.74) is 0.277. The molecule has 1 unspecified atom stereocenters. The van der Waals surface area contributed by atoms with Crippen molar-refractivity contribution in [3.8, 4) is 0 Å². The van der Waals surface area contributed by atoms with Gasteiger partial charge in [-0.05, 0) is 56.5 Å². The summed E-state index contributed by atoms with van der Waals surface area (Å²) in [5, 5.41) is 3.18. The molecule has 2 rings (SSSR count). The Morgan fingerprint density at radius 1 is 1.05 bits per heavy atom. The van der Waals surface area contributed by atoms with Gasteiger partial charge < -0.3 is 5.32 Å². The average Bonchev–Trinajstić information content (AvgIpc) is 2.47. The molecule has 0 bridgehead atoms. The summed E-state index contributed by atoms with van der Waals surface area (Å²) < 4.78 is 29.2. The van der Waals surface area contributed by atoms with Crippen LogP contribution >= 0.6 is 0 Å². The van der Waals surface area contributed by atoms with Crippen LogP contribution in [0.5, 0.6) is 0 Å². The molecule has 0 aromatic carbocycles. The number of nitrogens with zero attached hydrogens (tertiary/aromatic N) is 2. The maximum absolute atomic E-state index is 12.9. The first-order valence-electron chi connectivity index (χ1n) is 8.65. The van der Waals surface area contributed by atoms with Crippen LogP contribution in [0.4, 0.5) is 0 Å². The molecule has 2 aliphatic heterocycles. The van der Waals surface area contributed by atoms with Gasteiger partial charge in [0.1, 0.15) is 0 Å². The second-order valence-corrected chi connectivity index (χ2v) is 9.90. The Hall–Kier alpha value is -0.170. The normalized spacial score (nSPS) is 27.2. The van der Waals surface area contributed by atoms with Crippen molar-refractivity contribution in [2.75, 3.05) is 39.8 Å². The fraction of sp³-hybridized carbons (Fsp3) is 1.00. The van der Waals surface area contributed by atoms with Crippen molar-refractivity contribution in [3.05, 3.63) is 0 Å². The van der Waals surface area contributed by atoms with Crippen LogP contribution in [0.1, 0.15) is 46.5 Å². The Morgan fingerprint density at radius 3 is 2.23 bits per heavy atom. The molecule has 0 aliphatic carbocycles. The average molecular weight is 332 g/mol. The number of hydrogen-bond donors (Lipinski definition) is 1. The molecule has 0 radical (unpaired) electrons. The molecule has 2 fully saturated rings. The summed E-state index contributed by atoms with van der Waals surface area (Å²) in [6.07, 6.45) is 4.07. The third-order valence-corrected chi connectivity index (χ3v) is 7.31. The molecule has 0 aromatic rings. The molecule has 6 heteroatoms. The van der Waals surface area contributed by atoms with E-state index in [-0.39, 0.29) is 5.41 Å². The summed E-state index contributed by atoms with van der Waals surface area (Å²) >= 11 is 0. The lowest BCUT2D eigenvalue weighted by molar-refractivity contribution is 0.146. The van der Waals surface area contributed by atoms with Crippen LogP contribution in [0.25, 0.3) is 0 Å². The second-order valence-electron chi connectivity index (χ2n) is 7.97. The summed E-state index contributed by atoms with van der Waals surface area (Å²) in [6, 6.07) is 0. The molecule has 0 spiro atoms. The van der Waals surface area contributed by atoms with Crippen LogP contribution < -0.4 is 5.32 Å². The summed E-state index contributed by atoms with van der Waals surface area (Å²) in [6.45, 7) is 10.4. The van der Waals surface area contributed by atoms with E-state index < -0.39 is 10.2 Å². The van der Waals surface area contributed by atoms with Crippen LogP contribution in [-0.2, 0) is 10.2 Å². The van der Waals surface area contributed by atoms with Gasteiger partial charge in [-0.3, -0.25) is 0 Å². The third kappa shape index (κ3) is 4.22. The van der Waals surface area contributed by atoms with E-state index in [2.05, 4.69) is 26.1 Å². The van der Waals surface area contributed by atoms with Crippen LogP contribution in [0.15, 0.2) is 0 Å². The molecule has 2 saturated heterocycles. The van der Waals surface area contributed by atoms with Crippen LogP contribution in [0, 0.1) is 17.3 Å². The van der Waals surface area contributed by atoms with E-state index in [0.29, 0.717) is 38.0 Å². The maximum atomic E-state index is 12.9. The minimum atomic E-state index is -3.27. The maximum Gasteiger partial charge on any atom is 0.281 e. The Labute approximate surface area is 136 Å². The molecule has 2 aliphatic rings. The van der Waals surface area contributed by atoms with Gasteiger partial charge in [0.25, 0.3) is 10.2 Å². The Kier molecular flexibility index (Phi) is 5.91. The van der Waals surface area contributed by atoms with Crippen molar-refractivity contribution >= 4 is 10.2 Å². The standard InChI is InChI=1S/C16H33N3O2S/c1-16(2,3)15-7-10-18(11-8-15)22(20,21)19-9-5-6-14(13-19)12-17-4/h14-15,17H,5-13H2,1-4H3. The van der Waals surface area contributed by atoms with Gasteiger partial charge >= 0.3 is 0 Å². The highest BCUT2D eigenvalue weighted by atomic mass is 32.2. The Bertz CT molecular complexity index is 449. The molecule has 1 N–H and O–H groups in total. The van der Waals surface area contributed by atoms with Gasteiger partial charge in [-0.25, -0.2) is 0 Å². The van der Waals surface area contributed by atoms with E-state index in [1.165, 1.54) is 0 Å². The smallest absolute Gasteiger partial charge is 0.281 e. The molecular weight excluding hydrogens is 298 g/mol. The first-order valence-corrected chi connectivity index (χ1v) is 10.0. The minimum Gasteiger partial charge on any atom is -0.319 e. The minimum absolute atomic E-state index is 0.277. The fourth-order valence-corrected chi connectivity index (χ4v) is 5.57. The lowest BCUT2D eigenvalue weighted by Crippen LogP contribution is -2.51. The summed E-state index contributed by atoms with van der Waals surface area (Å²) in [4.78, 5) is 0. The van der Waals surface area contributed by atoms with Gasteiger partial charge in [-0.2, -0.15) is 17.0 Å². The van der Waals surface area contributed by atoms with E-state index in [9.17, 15) is 8.42 Å². The van der Waals surface area contributed by atoms with Crippen LogP contribution in [0.3, 0.4) is 0 Å². The van der Waals surface area contributed by atoms with Crippen LogP contribution in [-0.4, -0.2) is 56.8 Å². The first-order chi connectivity index (χ1) is 10.2. The van der Waals surface area contributed by atoms with Gasteiger partial charge in [0.05, 0.1) is 0 Å². The molecule has 130 valence electrons. The molecule has 2 heterocycles. The van der Waals surface area contributed by atoms with Crippen molar-refractivity contribution in [2.45, 2.75) is 46.5 Å². The third-order valence-electron chi connectivity index (χ3n) is 5.31. The highest BCUT2D eigenvalue weighted by Gasteiger charge is 2.37. The Morgan fingerprint density at radius 2 is 1.68 bits per heavy atom. The van der Waals surface area contributed by atoms with Crippen molar-refractivity contribution in [3.63, 3.8) is 0 Å². The van der Waals surface area contributed by atoms with Gasteiger partial charge in [0.15, 0.2) is 0 Å². The molecule has 22 heavy (non-hydrogen) atoms. The van der Waals surface area contributed by atoms with Crippen LogP contribution in [0.2, 0.25) is 0 Å². The molecule has 1 atom stereocenters. The van der Waals surface area contributed by atoms with Gasteiger partial charge in [-0.1, -0.05) is 20.8 Å². The molecule has 0 saturated carbocycles. The van der Waals surface area contributed by atoms with Crippen molar-refractivity contribution < 1.29 is 8.42 Å². The van der Waals surface area contributed by atoms with Crippen molar-refractivity contribution in [1.29, 1.82) is 0 Å². The topological polar surface area (TPSA) is 52.7 Å². The zero-order chi connectivity index (χ0) is 16.4. The van der Waals surface area contributed by atoms with Gasteiger partial charge in [0, 0.05) is 26.2 Å². The van der Waals surface area contributed by atoms with Crippen molar-refractivity contribution in [2.24, 2.45) is 17.3 Å². The number of hydrogen-bond acceptors (Lipinski definition) is 3. The van der Waals surface area contributed by atoms with Gasteiger partial charge in [0.2, 0.25) is 0 Å². The zero-order valence-corrected chi connectivity index (χ0v) is 15.5. The van der Waals surface area contributed by atoms with E-state index in [1.807, 2.05) is 7.05 Å². The number of nitrogens with one attached hydrogen (secondary N) is 1. The van der Waals surface area contributed by atoms with E-state index in [4.69, 9.17) is 0 Å². The predicted octanol–water partition coefficient (Wildman–Crippen LogP) is 1.92. The first kappa shape index (κ1) is 18.2. The number of piperidine rings is 2. The highest BCUT2D eigenvalue weighted by Crippen LogP contribution is 2.35. The monoisotopic (exact) mass is 331 g/mol. The lowest BCUT2D eigenvalue weighted by atomic mass is 9.76. The van der Waals surface area contributed by atoms with E-state index in [0.717, 1.165) is 32.2 Å². The Balaban J connectivity index is 1.96. The molecule has 0 amide bonds. The number of rotatable bonds is 4. The fourth-order valence-electron chi connectivity index (χ4n) is 3.81. The zero-order valence-electron chi connectivity index (χ0n) is 14.6. The molecule has 0 aromatic heterocycles. The molecule has 5 nitrogen and oxygen atoms in total. The van der Waals surface area contributed by atoms with E-state index in [1.54, 1.807) is 8.61 Å². The summed E-state index contributed by atoms with van der Waals surface area (Å²) in [5.74, 6) is 1.07. The largest absolute Gasteiger partial charge is 0.319 e. The van der Waals surface area contributed by atoms with Crippen molar-refractivity contribution in [1.82, 2.24) is 13.9 Å². The molecular formula is C16H33N3O2S. The van der Waals surface area contributed by atoms with Gasteiger partial charge in [-0.15, -0.1) is 0 Å². The predicted molar refractivity (Wildman–Crippen MR) is 90.9 cm³/mol.